The Labute approximate surface area is 101 Å². The molecule has 86 valence electrons. The molecule has 17 heavy (non-hydrogen) atoms. The van der Waals surface area contributed by atoms with E-state index in [1.165, 1.54) is 29.5 Å². The van der Waals surface area contributed by atoms with E-state index in [1.54, 1.807) is 23.6 Å². The van der Waals surface area contributed by atoms with Gasteiger partial charge in [-0.3, -0.25) is 9.59 Å². The summed E-state index contributed by atoms with van der Waals surface area (Å²) in [5.74, 6) is -2.07. The van der Waals surface area contributed by atoms with Crippen LogP contribution in [-0.4, -0.2) is 11.7 Å². The van der Waals surface area contributed by atoms with Crippen LogP contribution in [0.25, 0.3) is 0 Å². The fraction of sp³-hybridized carbons (Fsp3) is 0. The van der Waals surface area contributed by atoms with Crippen molar-refractivity contribution in [3.8, 4) is 0 Å². The number of ketones is 1. The molecule has 2 rings (SSSR count). The van der Waals surface area contributed by atoms with Crippen LogP contribution < -0.4 is 5.32 Å². The molecule has 0 unspecified atom stereocenters. The Balaban J connectivity index is 2.13. The molecule has 1 heterocycles. The van der Waals surface area contributed by atoms with Gasteiger partial charge in [-0.05, 0) is 23.6 Å². The normalized spacial score (nSPS) is 9.94. The molecule has 5 heteroatoms. The van der Waals surface area contributed by atoms with Crippen molar-refractivity contribution < 1.29 is 14.0 Å². The molecule has 0 saturated heterocycles. The third-order valence-corrected chi connectivity index (χ3v) is 2.94. The molecule has 0 fully saturated rings. The molecule has 0 aliphatic heterocycles. The summed E-state index contributed by atoms with van der Waals surface area (Å²) in [4.78, 5) is 23.5. The summed E-state index contributed by atoms with van der Waals surface area (Å²) in [6.07, 6.45) is 0. The molecular formula is C12H8FNO2S. The average molecular weight is 249 g/mol. The maximum Gasteiger partial charge on any atom is 0.297 e. The van der Waals surface area contributed by atoms with E-state index in [9.17, 15) is 14.0 Å². The van der Waals surface area contributed by atoms with Gasteiger partial charge >= 0.3 is 0 Å². The van der Waals surface area contributed by atoms with Gasteiger partial charge in [0.2, 0.25) is 0 Å². The van der Waals surface area contributed by atoms with Gasteiger partial charge in [-0.25, -0.2) is 4.39 Å². The number of carbonyl (C=O) groups is 2. The summed E-state index contributed by atoms with van der Waals surface area (Å²) in [6, 6.07) is 8.92. The van der Waals surface area contributed by atoms with E-state index in [2.05, 4.69) is 5.32 Å². The second-order valence-electron chi connectivity index (χ2n) is 3.24. The highest BCUT2D eigenvalue weighted by molar-refractivity contribution is 7.13. The minimum Gasteiger partial charge on any atom is -0.317 e. The van der Waals surface area contributed by atoms with Gasteiger partial charge in [-0.2, -0.15) is 0 Å². The van der Waals surface area contributed by atoms with Gasteiger partial charge in [0.1, 0.15) is 5.82 Å². The number of Topliss-reactive ketones (excluding diaryl/α,β-unsaturated/α-hetero) is 1. The van der Waals surface area contributed by atoms with E-state index in [0.717, 1.165) is 0 Å². The Hall–Kier alpha value is -2.01. The number of amides is 1. The van der Waals surface area contributed by atoms with Crippen molar-refractivity contribution in [3.63, 3.8) is 0 Å². The highest BCUT2D eigenvalue weighted by atomic mass is 32.1. The highest BCUT2D eigenvalue weighted by Crippen LogP contribution is 2.14. The number of benzene rings is 1. The first kappa shape index (κ1) is 11.5. The van der Waals surface area contributed by atoms with Crippen LogP contribution in [0.3, 0.4) is 0 Å². The predicted octanol–water partition coefficient (Wildman–Crippen LogP) is 2.71. The van der Waals surface area contributed by atoms with Crippen LogP contribution >= 0.6 is 11.3 Å². The number of para-hydroxylation sites is 1. The van der Waals surface area contributed by atoms with Crippen molar-refractivity contribution in [3.05, 3.63) is 52.5 Å². The van der Waals surface area contributed by atoms with Crippen LogP contribution in [-0.2, 0) is 4.79 Å². The van der Waals surface area contributed by atoms with Gasteiger partial charge < -0.3 is 5.32 Å². The molecule has 0 aliphatic rings. The van der Waals surface area contributed by atoms with Crippen LogP contribution in [0.1, 0.15) is 9.67 Å². The lowest BCUT2D eigenvalue weighted by molar-refractivity contribution is -0.112. The van der Waals surface area contributed by atoms with Crippen molar-refractivity contribution in [1.29, 1.82) is 0 Å². The average Bonchev–Trinajstić information content (AvgIpc) is 2.84. The Kier molecular flexibility index (Phi) is 3.30. The number of thiophene rings is 1. The SMILES string of the molecule is O=C(Nc1ccccc1F)C(=O)c1cccs1. The molecule has 1 amide bonds. The van der Waals surface area contributed by atoms with Crippen molar-refractivity contribution in [2.75, 3.05) is 5.32 Å². The summed E-state index contributed by atoms with van der Waals surface area (Å²) in [6.45, 7) is 0. The van der Waals surface area contributed by atoms with Crippen molar-refractivity contribution in [2.45, 2.75) is 0 Å². The highest BCUT2D eigenvalue weighted by Gasteiger charge is 2.18. The van der Waals surface area contributed by atoms with Crippen LogP contribution in [0.15, 0.2) is 41.8 Å². The van der Waals surface area contributed by atoms with Crippen LogP contribution in [0.4, 0.5) is 10.1 Å². The summed E-state index contributed by atoms with van der Waals surface area (Å²) < 4.78 is 13.2. The van der Waals surface area contributed by atoms with E-state index in [4.69, 9.17) is 0 Å². The molecule has 1 aromatic heterocycles. The molecule has 0 aliphatic carbocycles. The van der Waals surface area contributed by atoms with Crippen LogP contribution in [0.2, 0.25) is 0 Å². The number of carbonyl (C=O) groups excluding carboxylic acids is 2. The first-order valence-electron chi connectivity index (χ1n) is 4.82. The van der Waals surface area contributed by atoms with Crippen molar-refractivity contribution in [1.82, 2.24) is 0 Å². The van der Waals surface area contributed by atoms with E-state index < -0.39 is 17.5 Å². The molecule has 1 N–H and O–H groups in total. The minimum atomic E-state index is -0.836. The van der Waals surface area contributed by atoms with Gasteiger partial charge in [-0.15, -0.1) is 11.3 Å². The summed E-state index contributed by atoms with van der Waals surface area (Å²) >= 11 is 1.17. The summed E-state index contributed by atoms with van der Waals surface area (Å²) in [5, 5.41) is 3.94. The fourth-order valence-electron chi connectivity index (χ4n) is 1.26. The zero-order valence-corrected chi connectivity index (χ0v) is 9.46. The lowest BCUT2D eigenvalue weighted by Crippen LogP contribution is -2.22. The molecule has 0 radical (unpaired) electrons. The van der Waals surface area contributed by atoms with Crippen molar-refractivity contribution in [2.24, 2.45) is 0 Å². The van der Waals surface area contributed by atoms with E-state index in [1.807, 2.05) is 0 Å². The fourth-order valence-corrected chi connectivity index (χ4v) is 1.92. The number of rotatable bonds is 3. The van der Waals surface area contributed by atoms with Gasteiger partial charge in [-0.1, -0.05) is 18.2 Å². The third kappa shape index (κ3) is 2.57. The molecule has 1 aromatic carbocycles. The van der Waals surface area contributed by atoms with Crippen LogP contribution in [0.5, 0.6) is 0 Å². The smallest absolute Gasteiger partial charge is 0.297 e. The molecule has 0 bridgehead atoms. The Morgan fingerprint density at radius 3 is 2.53 bits per heavy atom. The molecule has 3 nitrogen and oxygen atoms in total. The monoisotopic (exact) mass is 249 g/mol. The van der Waals surface area contributed by atoms with Crippen molar-refractivity contribution >= 4 is 28.7 Å². The zero-order chi connectivity index (χ0) is 12.3. The number of hydrogen-bond acceptors (Lipinski definition) is 3. The second kappa shape index (κ2) is 4.88. The minimum absolute atomic E-state index is 0.00223. The largest absolute Gasteiger partial charge is 0.317 e. The first-order chi connectivity index (χ1) is 8.18. The Morgan fingerprint density at radius 1 is 1.12 bits per heavy atom. The number of nitrogens with one attached hydrogen (secondary N) is 1. The van der Waals surface area contributed by atoms with E-state index in [0.29, 0.717) is 4.88 Å². The predicted molar refractivity (Wildman–Crippen MR) is 63.7 cm³/mol. The number of halogens is 1. The Morgan fingerprint density at radius 2 is 1.88 bits per heavy atom. The molecular weight excluding hydrogens is 241 g/mol. The molecule has 0 atom stereocenters. The molecule has 0 saturated carbocycles. The maximum absolute atomic E-state index is 13.2. The van der Waals surface area contributed by atoms with E-state index >= 15 is 0 Å². The third-order valence-electron chi connectivity index (χ3n) is 2.07. The molecule has 0 spiro atoms. The lowest BCUT2D eigenvalue weighted by atomic mass is 10.2. The lowest BCUT2D eigenvalue weighted by Gasteiger charge is -2.03. The maximum atomic E-state index is 13.2. The summed E-state index contributed by atoms with van der Waals surface area (Å²) in [7, 11) is 0. The molecule has 2 aromatic rings. The van der Waals surface area contributed by atoms with Crippen LogP contribution in [0, 0.1) is 5.82 Å². The van der Waals surface area contributed by atoms with Gasteiger partial charge in [0, 0.05) is 0 Å². The zero-order valence-electron chi connectivity index (χ0n) is 8.64. The van der Waals surface area contributed by atoms with Gasteiger partial charge in [0.05, 0.1) is 10.6 Å². The quantitative estimate of drug-likeness (QED) is 0.671. The topological polar surface area (TPSA) is 46.2 Å². The Bertz CT molecular complexity index is 551. The standard InChI is InChI=1S/C12H8FNO2S/c13-8-4-1-2-5-9(8)14-12(16)11(15)10-6-3-7-17-10/h1-7H,(H,14,16). The van der Waals surface area contributed by atoms with E-state index in [-0.39, 0.29) is 5.69 Å². The number of hydrogen-bond donors (Lipinski definition) is 1. The first-order valence-corrected chi connectivity index (χ1v) is 5.70. The number of anilines is 1. The second-order valence-corrected chi connectivity index (χ2v) is 4.19. The van der Waals surface area contributed by atoms with Gasteiger partial charge in [0.15, 0.2) is 0 Å². The van der Waals surface area contributed by atoms with Gasteiger partial charge in [0.25, 0.3) is 11.7 Å². The summed E-state index contributed by atoms with van der Waals surface area (Å²) in [5.41, 5.74) is 0.00223.